The number of rotatable bonds is 3. The van der Waals surface area contributed by atoms with Crippen LogP contribution < -0.4 is 5.73 Å². The van der Waals surface area contributed by atoms with Crippen LogP contribution in [0.1, 0.15) is 38.3 Å². The van der Waals surface area contributed by atoms with E-state index in [-0.39, 0.29) is 5.41 Å². The van der Waals surface area contributed by atoms with Crippen molar-refractivity contribution in [2.45, 2.75) is 32.6 Å². The Morgan fingerprint density at radius 2 is 2.00 bits per heavy atom. The topological polar surface area (TPSA) is 26.0 Å². The fourth-order valence-corrected chi connectivity index (χ4v) is 1.42. The molecule has 0 aliphatic heterocycles. The van der Waals surface area contributed by atoms with E-state index in [4.69, 9.17) is 5.73 Å². The third-order valence-corrected chi connectivity index (χ3v) is 2.40. The zero-order valence-electron chi connectivity index (χ0n) is 9.96. The molecule has 0 aromatic heterocycles. The van der Waals surface area contributed by atoms with Crippen molar-refractivity contribution in [1.82, 2.24) is 0 Å². The van der Waals surface area contributed by atoms with E-state index in [2.05, 4.69) is 57.2 Å². The van der Waals surface area contributed by atoms with Gasteiger partial charge in [0.1, 0.15) is 0 Å². The van der Waals surface area contributed by atoms with Crippen molar-refractivity contribution >= 4 is 6.08 Å². The fourth-order valence-electron chi connectivity index (χ4n) is 1.42. The molecule has 0 atom stereocenters. The molecule has 0 aliphatic carbocycles. The molecule has 82 valence electrons. The Morgan fingerprint density at radius 1 is 1.27 bits per heavy atom. The third kappa shape index (κ3) is 3.88. The first-order valence-electron chi connectivity index (χ1n) is 5.51. The smallest absolute Gasteiger partial charge is 0.00425 e. The number of nitrogens with two attached hydrogens (primary N) is 1. The average molecular weight is 203 g/mol. The monoisotopic (exact) mass is 203 g/mol. The minimum Gasteiger partial charge on any atom is -0.330 e. The molecule has 1 aromatic carbocycles. The molecular formula is C14H21N. The van der Waals surface area contributed by atoms with Gasteiger partial charge in [-0.1, -0.05) is 57.2 Å². The van der Waals surface area contributed by atoms with Crippen LogP contribution in [-0.2, 0) is 5.41 Å². The lowest BCUT2D eigenvalue weighted by molar-refractivity contribution is 0.590. The fraction of sp³-hybridized carbons (Fsp3) is 0.429. The molecule has 15 heavy (non-hydrogen) atoms. The predicted molar refractivity (Wildman–Crippen MR) is 67.8 cm³/mol. The maximum Gasteiger partial charge on any atom is -0.00425 e. The van der Waals surface area contributed by atoms with Gasteiger partial charge in [-0.25, -0.2) is 0 Å². The maximum absolute atomic E-state index is 5.44. The summed E-state index contributed by atoms with van der Waals surface area (Å²) in [7, 11) is 0. The lowest BCUT2D eigenvalue weighted by atomic mass is 9.86. The van der Waals surface area contributed by atoms with Crippen molar-refractivity contribution < 1.29 is 0 Å². The van der Waals surface area contributed by atoms with Gasteiger partial charge in [-0.2, -0.15) is 0 Å². The van der Waals surface area contributed by atoms with Crippen LogP contribution in [0.5, 0.6) is 0 Å². The van der Waals surface area contributed by atoms with Crippen LogP contribution in [0, 0.1) is 0 Å². The van der Waals surface area contributed by atoms with Crippen LogP contribution in [0.15, 0.2) is 30.3 Å². The standard InChI is InChI=1S/C14H21N/c1-14(2,3)13-9-6-8-12(11-13)7-4-5-10-15/h4,6-9,11H,5,10,15H2,1-3H3. The lowest BCUT2D eigenvalue weighted by Gasteiger charge is -2.19. The zero-order chi connectivity index (χ0) is 11.3. The highest BCUT2D eigenvalue weighted by atomic mass is 14.5. The molecular weight excluding hydrogens is 182 g/mol. The Bertz CT molecular complexity index is 331. The van der Waals surface area contributed by atoms with Crippen LogP contribution in [0.2, 0.25) is 0 Å². The molecule has 0 bridgehead atoms. The van der Waals surface area contributed by atoms with Crippen molar-refractivity contribution in [3.8, 4) is 0 Å². The quantitative estimate of drug-likeness (QED) is 0.801. The summed E-state index contributed by atoms with van der Waals surface area (Å²) in [5.74, 6) is 0. The summed E-state index contributed by atoms with van der Waals surface area (Å²) in [5, 5.41) is 0. The maximum atomic E-state index is 5.44. The first-order valence-corrected chi connectivity index (χ1v) is 5.51. The summed E-state index contributed by atoms with van der Waals surface area (Å²) in [5.41, 5.74) is 8.29. The first-order chi connectivity index (χ1) is 7.04. The van der Waals surface area contributed by atoms with E-state index in [0.717, 1.165) is 13.0 Å². The van der Waals surface area contributed by atoms with E-state index in [1.54, 1.807) is 0 Å². The van der Waals surface area contributed by atoms with Gasteiger partial charge in [0.05, 0.1) is 0 Å². The summed E-state index contributed by atoms with van der Waals surface area (Å²) in [4.78, 5) is 0. The Morgan fingerprint density at radius 3 is 2.60 bits per heavy atom. The highest BCUT2D eigenvalue weighted by molar-refractivity contribution is 5.51. The van der Waals surface area contributed by atoms with E-state index in [9.17, 15) is 0 Å². The number of hydrogen-bond donors (Lipinski definition) is 1. The molecule has 0 radical (unpaired) electrons. The van der Waals surface area contributed by atoms with Crippen LogP contribution >= 0.6 is 0 Å². The van der Waals surface area contributed by atoms with E-state index in [1.165, 1.54) is 11.1 Å². The minimum absolute atomic E-state index is 0.220. The SMILES string of the molecule is CC(C)(C)c1cccc(C=CCCN)c1. The molecule has 1 aromatic rings. The summed E-state index contributed by atoms with van der Waals surface area (Å²) >= 11 is 0. The lowest BCUT2D eigenvalue weighted by Crippen LogP contribution is -2.10. The zero-order valence-corrected chi connectivity index (χ0v) is 9.96. The largest absolute Gasteiger partial charge is 0.330 e. The van der Waals surface area contributed by atoms with Crippen molar-refractivity contribution in [2.75, 3.05) is 6.54 Å². The van der Waals surface area contributed by atoms with Gasteiger partial charge >= 0.3 is 0 Å². The second-order valence-electron chi connectivity index (χ2n) is 4.86. The van der Waals surface area contributed by atoms with Crippen molar-refractivity contribution in [3.63, 3.8) is 0 Å². The van der Waals surface area contributed by atoms with Crippen LogP contribution in [0.3, 0.4) is 0 Å². The van der Waals surface area contributed by atoms with E-state index in [0.29, 0.717) is 0 Å². The van der Waals surface area contributed by atoms with Crippen LogP contribution in [-0.4, -0.2) is 6.54 Å². The van der Waals surface area contributed by atoms with Gasteiger partial charge in [0, 0.05) is 0 Å². The second-order valence-corrected chi connectivity index (χ2v) is 4.86. The molecule has 1 rings (SSSR count). The Hall–Kier alpha value is -1.08. The van der Waals surface area contributed by atoms with Gasteiger partial charge in [-0.15, -0.1) is 0 Å². The third-order valence-electron chi connectivity index (χ3n) is 2.40. The van der Waals surface area contributed by atoms with Gasteiger partial charge in [0.25, 0.3) is 0 Å². The highest BCUT2D eigenvalue weighted by Crippen LogP contribution is 2.23. The molecule has 0 saturated carbocycles. The van der Waals surface area contributed by atoms with E-state index < -0.39 is 0 Å². The predicted octanol–water partition coefficient (Wildman–Crippen LogP) is 3.35. The van der Waals surface area contributed by atoms with Gasteiger partial charge in [-0.3, -0.25) is 0 Å². The van der Waals surface area contributed by atoms with Crippen LogP contribution in [0.25, 0.3) is 6.08 Å². The molecule has 2 N–H and O–H groups in total. The summed E-state index contributed by atoms with van der Waals surface area (Å²) in [6.07, 6.45) is 5.21. The second kappa shape index (κ2) is 5.13. The Kier molecular flexibility index (Phi) is 4.10. The van der Waals surface area contributed by atoms with Gasteiger partial charge in [-0.05, 0) is 29.5 Å². The molecule has 0 heterocycles. The summed E-state index contributed by atoms with van der Waals surface area (Å²) < 4.78 is 0. The highest BCUT2D eigenvalue weighted by Gasteiger charge is 2.12. The molecule has 1 nitrogen and oxygen atoms in total. The number of hydrogen-bond acceptors (Lipinski definition) is 1. The Balaban J connectivity index is 2.84. The van der Waals surface area contributed by atoms with Gasteiger partial charge in [0.15, 0.2) is 0 Å². The average Bonchev–Trinajstić information content (AvgIpc) is 2.17. The molecule has 0 spiro atoms. The molecule has 0 saturated heterocycles. The van der Waals surface area contributed by atoms with Crippen LogP contribution in [0.4, 0.5) is 0 Å². The molecule has 0 aliphatic rings. The molecule has 0 unspecified atom stereocenters. The van der Waals surface area contributed by atoms with Gasteiger partial charge < -0.3 is 5.73 Å². The number of benzene rings is 1. The Labute approximate surface area is 93.0 Å². The minimum atomic E-state index is 0.220. The van der Waals surface area contributed by atoms with E-state index >= 15 is 0 Å². The van der Waals surface area contributed by atoms with Gasteiger partial charge in [0.2, 0.25) is 0 Å². The summed E-state index contributed by atoms with van der Waals surface area (Å²) in [6.45, 7) is 7.41. The van der Waals surface area contributed by atoms with Crippen molar-refractivity contribution in [1.29, 1.82) is 0 Å². The van der Waals surface area contributed by atoms with Crippen molar-refractivity contribution in [3.05, 3.63) is 41.5 Å². The van der Waals surface area contributed by atoms with E-state index in [1.807, 2.05) is 0 Å². The normalized spacial score (nSPS) is 12.3. The first kappa shape index (κ1) is 12.0. The summed E-state index contributed by atoms with van der Waals surface area (Å²) in [6, 6.07) is 8.66. The molecule has 0 amide bonds. The molecule has 1 heteroatoms. The van der Waals surface area contributed by atoms with Crippen molar-refractivity contribution in [2.24, 2.45) is 5.73 Å². The molecule has 0 fully saturated rings.